The Morgan fingerprint density at radius 1 is 1.33 bits per heavy atom. The second-order valence-electron chi connectivity index (χ2n) is 7.32. The summed E-state index contributed by atoms with van der Waals surface area (Å²) < 4.78 is 16.1. The van der Waals surface area contributed by atoms with Crippen LogP contribution >= 0.6 is 12.4 Å². The highest BCUT2D eigenvalue weighted by Crippen LogP contribution is 2.25. The van der Waals surface area contributed by atoms with Gasteiger partial charge in [0.15, 0.2) is 5.82 Å². The second-order valence-corrected chi connectivity index (χ2v) is 7.32. The Balaban J connectivity index is 0.00000261. The van der Waals surface area contributed by atoms with Gasteiger partial charge in [-0.3, -0.25) is 4.79 Å². The number of amides is 1. The summed E-state index contributed by atoms with van der Waals surface area (Å²) in [6.07, 6.45) is 2.69. The van der Waals surface area contributed by atoms with Gasteiger partial charge in [0.2, 0.25) is 5.91 Å². The zero-order valence-electron chi connectivity index (χ0n) is 16.1. The summed E-state index contributed by atoms with van der Waals surface area (Å²) in [5.41, 5.74) is 2.58. The Kier molecular flexibility index (Phi) is 7.39. The minimum atomic E-state index is -0.402. The third kappa shape index (κ3) is 5.30. The number of anilines is 1. The van der Waals surface area contributed by atoms with E-state index in [4.69, 9.17) is 0 Å². The largest absolute Gasteiger partial charge is 0.326 e. The van der Waals surface area contributed by atoms with Crippen molar-refractivity contribution in [2.24, 2.45) is 11.8 Å². The number of piperidine rings is 1. The van der Waals surface area contributed by atoms with E-state index in [0.717, 1.165) is 37.3 Å². The van der Waals surface area contributed by atoms with Gasteiger partial charge in [-0.2, -0.15) is 5.10 Å². The highest BCUT2D eigenvalue weighted by molar-refractivity contribution is 5.91. The van der Waals surface area contributed by atoms with Crippen LogP contribution in [0.5, 0.6) is 0 Å². The van der Waals surface area contributed by atoms with Crippen molar-refractivity contribution in [3.8, 4) is 5.69 Å². The second kappa shape index (κ2) is 9.33. The van der Waals surface area contributed by atoms with Crippen LogP contribution in [0.15, 0.2) is 24.3 Å². The van der Waals surface area contributed by atoms with Crippen molar-refractivity contribution in [2.75, 3.05) is 18.4 Å². The predicted octanol–water partition coefficient (Wildman–Crippen LogP) is 4.01. The molecule has 1 unspecified atom stereocenters. The van der Waals surface area contributed by atoms with Gasteiger partial charge in [0.05, 0.1) is 5.69 Å². The maximum Gasteiger partial charge on any atom is 0.224 e. The standard InChI is InChI=1S/C20H27FN4O.ClH/c1-13(16-6-8-22-9-7-16)10-20(26)23-17-4-5-19(18(21)12-17)25-15(3)11-14(2)24-25;/h4-5,11-13,16,22H,6-10H2,1-3H3,(H,23,26);1H. The van der Waals surface area contributed by atoms with Crippen LogP contribution in [0.3, 0.4) is 0 Å². The smallest absolute Gasteiger partial charge is 0.224 e. The Morgan fingerprint density at radius 3 is 2.63 bits per heavy atom. The first kappa shape index (κ1) is 21.4. The van der Waals surface area contributed by atoms with Gasteiger partial charge in [-0.05, 0) is 75.9 Å². The van der Waals surface area contributed by atoms with Crippen molar-refractivity contribution >= 4 is 24.0 Å². The Hall–Kier alpha value is -1.92. The van der Waals surface area contributed by atoms with Crippen LogP contribution in [0, 0.1) is 31.5 Å². The van der Waals surface area contributed by atoms with Crippen molar-refractivity contribution in [1.29, 1.82) is 0 Å². The lowest BCUT2D eigenvalue weighted by molar-refractivity contribution is -0.117. The van der Waals surface area contributed by atoms with Gasteiger partial charge in [0, 0.05) is 17.8 Å². The number of nitrogens with one attached hydrogen (secondary N) is 2. The third-order valence-corrected chi connectivity index (χ3v) is 5.17. The number of aryl methyl sites for hydroxylation is 2. The number of hydrogen-bond donors (Lipinski definition) is 2. The Morgan fingerprint density at radius 2 is 2.04 bits per heavy atom. The summed E-state index contributed by atoms with van der Waals surface area (Å²) in [4.78, 5) is 12.3. The van der Waals surface area contributed by atoms with Gasteiger partial charge in [-0.1, -0.05) is 6.92 Å². The van der Waals surface area contributed by atoms with Crippen LogP contribution in [0.4, 0.5) is 10.1 Å². The molecule has 2 N–H and O–H groups in total. The Labute approximate surface area is 166 Å². The van der Waals surface area contributed by atoms with E-state index in [1.54, 1.807) is 16.8 Å². The minimum absolute atomic E-state index is 0. The maximum absolute atomic E-state index is 14.5. The lowest BCUT2D eigenvalue weighted by atomic mass is 9.84. The average molecular weight is 395 g/mol. The zero-order chi connectivity index (χ0) is 18.7. The number of halogens is 2. The molecule has 0 bridgehead atoms. The van der Waals surface area contributed by atoms with Crippen LogP contribution in [-0.4, -0.2) is 28.8 Å². The fourth-order valence-electron chi connectivity index (χ4n) is 3.71. The van der Waals surface area contributed by atoms with Crippen molar-refractivity contribution in [3.05, 3.63) is 41.5 Å². The van der Waals surface area contributed by atoms with Crippen molar-refractivity contribution in [3.63, 3.8) is 0 Å². The molecule has 148 valence electrons. The van der Waals surface area contributed by atoms with Crippen LogP contribution < -0.4 is 10.6 Å². The molecule has 0 saturated carbocycles. The van der Waals surface area contributed by atoms with Gasteiger partial charge >= 0.3 is 0 Å². The van der Waals surface area contributed by atoms with Crippen molar-refractivity contribution < 1.29 is 9.18 Å². The molecule has 0 spiro atoms. The maximum atomic E-state index is 14.5. The molecule has 1 amide bonds. The molecule has 2 heterocycles. The van der Waals surface area contributed by atoms with Gasteiger partial charge in [0.1, 0.15) is 5.69 Å². The van der Waals surface area contributed by atoms with E-state index in [2.05, 4.69) is 22.7 Å². The summed E-state index contributed by atoms with van der Waals surface area (Å²) >= 11 is 0. The fourth-order valence-corrected chi connectivity index (χ4v) is 3.71. The summed E-state index contributed by atoms with van der Waals surface area (Å²) in [6.45, 7) is 7.93. The molecular weight excluding hydrogens is 367 g/mol. The van der Waals surface area contributed by atoms with Crippen LogP contribution in [0.25, 0.3) is 5.69 Å². The van der Waals surface area contributed by atoms with E-state index in [0.29, 0.717) is 29.6 Å². The molecule has 7 heteroatoms. The predicted molar refractivity (Wildman–Crippen MR) is 108 cm³/mol. The zero-order valence-corrected chi connectivity index (χ0v) is 16.9. The molecule has 5 nitrogen and oxygen atoms in total. The number of hydrogen-bond acceptors (Lipinski definition) is 3. The minimum Gasteiger partial charge on any atom is -0.326 e. The number of carbonyl (C=O) groups excluding carboxylic acids is 1. The highest BCUT2D eigenvalue weighted by Gasteiger charge is 2.22. The van der Waals surface area contributed by atoms with Crippen molar-refractivity contribution in [2.45, 2.75) is 40.0 Å². The topological polar surface area (TPSA) is 59.0 Å². The third-order valence-electron chi connectivity index (χ3n) is 5.17. The molecule has 1 fully saturated rings. The first-order valence-corrected chi connectivity index (χ1v) is 9.28. The first-order chi connectivity index (χ1) is 12.4. The molecule has 27 heavy (non-hydrogen) atoms. The number of carbonyl (C=O) groups is 1. The molecule has 1 saturated heterocycles. The number of benzene rings is 1. The van der Waals surface area contributed by atoms with Gasteiger partial charge in [-0.25, -0.2) is 9.07 Å². The molecule has 1 atom stereocenters. The van der Waals surface area contributed by atoms with Crippen molar-refractivity contribution in [1.82, 2.24) is 15.1 Å². The summed E-state index contributed by atoms with van der Waals surface area (Å²) in [5.74, 6) is 0.442. The summed E-state index contributed by atoms with van der Waals surface area (Å²) in [5, 5.41) is 10.5. The molecule has 1 aromatic heterocycles. The van der Waals surface area contributed by atoms with E-state index in [1.165, 1.54) is 6.07 Å². The summed E-state index contributed by atoms with van der Waals surface area (Å²) in [7, 11) is 0. The fraction of sp³-hybridized carbons (Fsp3) is 0.500. The van der Waals surface area contributed by atoms with Crippen LogP contribution in [-0.2, 0) is 4.79 Å². The summed E-state index contributed by atoms with van der Waals surface area (Å²) in [6, 6.07) is 6.64. The molecule has 0 aliphatic carbocycles. The van der Waals surface area contributed by atoms with Crippen LogP contribution in [0.2, 0.25) is 0 Å². The lowest BCUT2D eigenvalue weighted by Crippen LogP contribution is -2.32. The molecule has 1 aliphatic rings. The number of aromatic nitrogens is 2. The number of nitrogens with zero attached hydrogens (tertiary/aromatic N) is 2. The first-order valence-electron chi connectivity index (χ1n) is 9.28. The van der Waals surface area contributed by atoms with Gasteiger partial charge < -0.3 is 10.6 Å². The van der Waals surface area contributed by atoms with Gasteiger partial charge in [-0.15, -0.1) is 12.4 Å². The van der Waals surface area contributed by atoms with E-state index in [1.807, 2.05) is 19.9 Å². The van der Waals surface area contributed by atoms with E-state index < -0.39 is 5.82 Å². The molecular formula is C20H28ClFN4O. The lowest BCUT2D eigenvalue weighted by Gasteiger charge is -2.27. The normalized spacial score (nSPS) is 15.9. The molecule has 2 aromatic rings. The van der Waals surface area contributed by atoms with E-state index in [9.17, 15) is 9.18 Å². The van der Waals surface area contributed by atoms with Gasteiger partial charge in [0.25, 0.3) is 0 Å². The number of rotatable bonds is 5. The van der Waals surface area contributed by atoms with E-state index in [-0.39, 0.29) is 18.3 Å². The molecule has 1 aliphatic heterocycles. The SMILES string of the molecule is Cc1cc(C)n(-c2ccc(NC(=O)CC(C)C3CCNCC3)cc2F)n1.Cl. The highest BCUT2D eigenvalue weighted by atomic mass is 35.5. The molecule has 1 aromatic carbocycles. The molecule has 3 rings (SSSR count). The van der Waals surface area contributed by atoms with Crippen LogP contribution in [0.1, 0.15) is 37.6 Å². The monoisotopic (exact) mass is 394 g/mol. The average Bonchev–Trinajstić information content (AvgIpc) is 2.93. The quantitative estimate of drug-likeness (QED) is 0.805. The van der Waals surface area contributed by atoms with E-state index >= 15 is 0 Å². The molecule has 0 radical (unpaired) electrons. The Bertz CT molecular complexity index is 786.